The van der Waals surface area contributed by atoms with Crippen molar-refractivity contribution in [3.63, 3.8) is 0 Å². The molecule has 0 aromatic heterocycles. The number of benzene rings is 2. The van der Waals surface area contributed by atoms with E-state index in [0.29, 0.717) is 12.1 Å². The molecule has 1 saturated heterocycles. The average molecular weight is 287 g/mol. The van der Waals surface area contributed by atoms with Crippen molar-refractivity contribution in [1.29, 1.82) is 0 Å². The molecule has 2 aromatic rings. The summed E-state index contributed by atoms with van der Waals surface area (Å²) in [6.07, 6.45) is 1.33. The molecule has 1 N–H and O–H groups in total. The van der Waals surface area contributed by atoms with Crippen LogP contribution in [0.25, 0.3) is 10.8 Å². The minimum absolute atomic E-state index is 0.317. The highest BCUT2D eigenvalue weighted by molar-refractivity contribution is 7.99. The first kappa shape index (κ1) is 13.9. The Balaban J connectivity index is 1.83. The Kier molecular flexibility index (Phi) is 4.61. The van der Waals surface area contributed by atoms with E-state index < -0.39 is 0 Å². The molecule has 106 valence electrons. The Morgan fingerprint density at radius 1 is 1.25 bits per heavy atom. The number of likely N-dealkylation sites (N-methyl/N-ethyl adjacent to an activating group) is 1. The van der Waals surface area contributed by atoms with Crippen molar-refractivity contribution in [2.45, 2.75) is 18.6 Å². The van der Waals surface area contributed by atoms with Crippen LogP contribution in [-0.2, 0) is 11.2 Å². The van der Waals surface area contributed by atoms with Gasteiger partial charge in [0.15, 0.2) is 0 Å². The Morgan fingerprint density at radius 2 is 2.10 bits per heavy atom. The van der Waals surface area contributed by atoms with Gasteiger partial charge in [0, 0.05) is 17.5 Å². The molecule has 2 unspecified atom stereocenters. The maximum Gasteiger partial charge on any atom is 0.0821 e. The quantitative estimate of drug-likeness (QED) is 0.933. The standard InChI is InChI=1S/C17H21NOS/c1-18-16(17-12-20-10-9-19-17)11-14-7-4-6-13-5-2-3-8-15(13)14/h2-8,16-18H,9-12H2,1H3. The van der Waals surface area contributed by atoms with E-state index in [0.717, 1.165) is 24.5 Å². The first-order chi connectivity index (χ1) is 9.88. The fraction of sp³-hybridized carbons (Fsp3) is 0.412. The fourth-order valence-corrected chi connectivity index (χ4v) is 3.81. The van der Waals surface area contributed by atoms with Crippen LogP contribution >= 0.6 is 11.8 Å². The second kappa shape index (κ2) is 6.61. The summed E-state index contributed by atoms with van der Waals surface area (Å²) >= 11 is 2.00. The second-order valence-corrected chi connectivity index (χ2v) is 6.37. The zero-order chi connectivity index (χ0) is 13.8. The van der Waals surface area contributed by atoms with E-state index in [9.17, 15) is 0 Å². The number of hydrogen-bond acceptors (Lipinski definition) is 3. The van der Waals surface area contributed by atoms with Crippen LogP contribution < -0.4 is 5.32 Å². The predicted molar refractivity (Wildman–Crippen MR) is 87.6 cm³/mol. The molecular weight excluding hydrogens is 266 g/mol. The van der Waals surface area contributed by atoms with Gasteiger partial charge in [0.2, 0.25) is 0 Å². The SMILES string of the molecule is CNC(Cc1cccc2ccccc12)C1CSCCO1. The summed E-state index contributed by atoms with van der Waals surface area (Å²) in [7, 11) is 2.04. The monoisotopic (exact) mass is 287 g/mol. The van der Waals surface area contributed by atoms with Gasteiger partial charge in [-0.15, -0.1) is 0 Å². The lowest BCUT2D eigenvalue weighted by molar-refractivity contribution is 0.0493. The smallest absolute Gasteiger partial charge is 0.0821 e. The van der Waals surface area contributed by atoms with Gasteiger partial charge in [-0.05, 0) is 29.8 Å². The summed E-state index contributed by atoms with van der Waals surface area (Å²) in [6, 6.07) is 15.6. The van der Waals surface area contributed by atoms with Gasteiger partial charge in [0.05, 0.1) is 12.7 Å². The number of nitrogens with one attached hydrogen (secondary N) is 1. The Bertz CT molecular complexity index is 560. The summed E-state index contributed by atoms with van der Waals surface area (Å²) in [4.78, 5) is 0. The molecule has 1 heterocycles. The molecule has 2 atom stereocenters. The van der Waals surface area contributed by atoms with Crippen LogP contribution in [0, 0.1) is 0 Å². The molecule has 1 aliphatic heterocycles. The molecule has 3 heteroatoms. The molecule has 0 saturated carbocycles. The van der Waals surface area contributed by atoms with Gasteiger partial charge in [-0.1, -0.05) is 42.5 Å². The molecule has 0 aliphatic carbocycles. The van der Waals surface area contributed by atoms with E-state index in [4.69, 9.17) is 4.74 Å². The van der Waals surface area contributed by atoms with Crippen LogP contribution in [0.5, 0.6) is 0 Å². The lowest BCUT2D eigenvalue weighted by Gasteiger charge is -2.30. The van der Waals surface area contributed by atoms with Crippen molar-refractivity contribution < 1.29 is 4.74 Å². The van der Waals surface area contributed by atoms with E-state index >= 15 is 0 Å². The molecule has 20 heavy (non-hydrogen) atoms. The molecule has 2 nitrogen and oxygen atoms in total. The van der Waals surface area contributed by atoms with Gasteiger partial charge in [-0.3, -0.25) is 0 Å². The van der Waals surface area contributed by atoms with Gasteiger partial charge >= 0.3 is 0 Å². The number of thioether (sulfide) groups is 1. The number of hydrogen-bond donors (Lipinski definition) is 1. The Labute approximate surface area is 124 Å². The van der Waals surface area contributed by atoms with Crippen molar-refractivity contribution in [2.24, 2.45) is 0 Å². The fourth-order valence-electron chi connectivity index (χ4n) is 2.87. The zero-order valence-corrected chi connectivity index (χ0v) is 12.7. The second-order valence-electron chi connectivity index (χ2n) is 5.22. The highest BCUT2D eigenvalue weighted by atomic mass is 32.2. The summed E-state index contributed by atoms with van der Waals surface area (Å²) in [5.41, 5.74) is 1.40. The first-order valence-electron chi connectivity index (χ1n) is 7.22. The van der Waals surface area contributed by atoms with Gasteiger partial charge in [0.1, 0.15) is 0 Å². The van der Waals surface area contributed by atoms with Crippen molar-refractivity contribution in [2.75, 3.05) is 25.2 Å². The number of rotatable bonds is 4. The van der Waals surface area contributed by atoms with Crippen molar-refractivity contribution in [1.82, 2.24) is 5.32 Å². The maximum atomic E-state index is 5.93. The lowest BCUT2D eigenvalue weighted by Crippen LogP contribution is -2.44. The molecule has 3 rings (SSSR count). The number of ether oxygens (including phenoxy) is 1. The summed E-state index contributed by atoms with van der Waals surface area (Å²) in [6.45, 7) is 0.878. The Hall–Kier alpha value is -1.03. The molecule has 1 fully saturated rings. The lowest BCUT2D eigenvalue weighted by atomic mass is 9.96. The van der Waals surface area contributed by atoms with Gasteiger partial charge in [-0.25, -0.2) is 0 Å². The maximum absolute atomic E-state index is 5.93. The minimum atomic E-state index is 0.317. The van der Waals surface area contributed by atoms with E-state index in [1.807, 2.05) is 18.8 Å². The summed E-state index contributed by atoms with van der Waals surface area (Å²) < 4.78 is 5.93. The largest absolute Gasteiger partial charge is 0.375 e. The highest BCUT2D eigenvalue weighted by Gasteiger charge is 2.24. The molecule has 2 aromatic carbocycles. The zero-order valence-electron chi connectivity index (χ0n) is 11.8. The molecule has 1 aliphatic rings. The molecule has 0 radical (unpaired) electrons. The average Bonchev–Trinajstić information content (AvgIpc) is 2.53. The third-order valence-corrected chi connectivity index (χ3v) is 5.00. The van der Waals surface area contributed by atoms with Crippen LogP contribution in [-0.4, -0.2) is 37.3 Å². The summed E-state index contributed by atoms with van der Waals surface area (Å²) in [5, 5.41) is 6.12. The van der Waals surface area contributed by atoms with Gasteiger partial charge in [0.25, 0.3) is 0 Å². The first-order valence-corrected chi connectivity index (χ1v) is 8.37. The van der Waals surface area contributed by atoms with E-state index in [-0.39, 0.29) is 0 Å². The van der Waals surface area contributed by atoms with Crippen LogP contribution in [0.4, 0.5) is 0 Å². The topological polar surface area (TPSA) is 21.3 Å². The van der Waals surface area contributed by atoms with E-state index in [1.165, 1.54) is 16.3 Å². The molecule has 0 amide bonds. The third-order valence-electron chi connectivity index (χ3n) is 3.98. The highest BCUT2D eigenvalue weighted by Crippen LogP contribution is 2.23. The molecular formula is C17H21NOS. The van der Waals surface area contributed by atoms with Crippen LogP contribution in [0.2, 0.25) is 0 Å². The number of fused-ring (bicyclic) bond motifs is 1. The van der Waals surface area contributed by atoms with Crippen molar-refractivity contribution in [3.05, 3.63) is 48.0 Å². The summed E-state index contributed by atoms with van der Waals surface area (Å²) in [5.74, 6) is 2.22. The van der Waals surface area contributed by atoms with Crippen molar-refractivity contribution in [3.8, 4) is 0 Å². The molecule has 0 bridgehead atoms. The van der Waals surface area contributed by atoms with E-state index in [1.54, 1.807) is 0 Å². The van der Waals surface area contributed by atoms with Crippen LogP contribution in [0.3, 0.4) is 0 Å². The van der Waals surface area contributed by atoms with Gasteiger partial charge < -0.3 is 10.1 Å². The Morgan fingerprint density at radius 3 is 2.90 bits per heavy atom. The third kappa shape index (κ3) is 3.00. The predicted octanol–water partition coefficient (Wildman–Crippen LogP) is 3.10. The van der Waals surface area contributed by atoms with Crippen LogP contribution in [0.15, 0.2) is 42.5 Å². The van der Waals surface area contributed by atoms with Crippen LogP contribution in [0.1, 0.15) is 5.56 Å². The molecule has 0 spiro atoms. The normalized spacial score (nSPS) is 20.9. The van der Waals surface area contributed by atoms with Crippen molar-refractivity contribution >= 4 is 22.5 Å². The van der Waals surface area contributed by atoms with Gasteiger partial charge in [-0.2, -0.15) is 11.8 Å². The minimum Gasteiger partial charge on any atom is -0.375 e. The van der Waals surface area contributed by atoms with E-state index in [2.05, 4.69) is 47.8 Å².